The molecule has 2 aromatic carbocycles. The summed E-state index contributed by atoms with van der Waals surface area (Å²) < 4.78 is 27.5. The summed E-state index contributed by atoms with van der Waals surface area (Å²) in [5, 5.41) is 0. The topological polar surface area (TPSA) is 40.6 Å². The lowest BCUT2D eigenvalue weighted by atomic mass is 9.93. The Morgan fingerprint density at radius 1 is 0.897 bits per heavy atom. The first-order valence-electron chi connectivity index (χ1n) is 10.1. The molecule has 1 heterocycles. The third kappa shape index (κ3) is 4.02. The van der Waals surface area contributed by atoms with Gasteiger partial charge < -0.3 is 9.80 Å². The lowest BCUT2D eigenvalue weighted by Gasteiger charge is -2.37. The highest BCUT2D eigenvalue weighted by Crippen LogP contribution is 2.50. The van der Waals surface area contributed by atoms with Gasteiger partial charge in [-0.2, -0.15) is 0 Å². The Kier molecular flexibility index (Phi) is 5.35. The first-order valence-corrected chi connectivity index (χ1v) is 10.1. The zero-order chi connectivity index (χ0) is 20.4. The van der Waals surface area contributed by atoms with Crippen molar-refractivity contribution in [3.05, 3.63) is 71.3 Å². The van der Waals surface area contributed by atoms with E-state index in [-0.39, 0.29) is 23.4 Å². The average molecular weight is 398 g/mol. The van der Waals surface area contributed by atoms with Crippen molar-refractivity contribution in [3.8, 4) is 0 Å². The van der Waals surface area contributed by atoms with Crippen LogP contribution in [0.3, 0.4) is 0 Å². The van der Waals surface area contributed by atoms with Crippen LogP contribution < -0.4 is 0 Å². The second-order valence-corrected chi connectivity index (χ2v) is 7.86. The van der Waals surface area contributed by atoms with Crippen molar-refractivity contribution in [3.63, 3.8) is 0 Å². The van der Waals surface area contributed by atoms with Crippen LogP contribution >= 0.6 is 0 Å². The maximum Gasteiger partial charge on any atom is 0.233 e. The highest BCUT2D eigenvalue weighted by atomic mass is 19.1. The van der Waals surface area contributed by atoms with Gasteiger partial charge in [-0.15, -0.1) is 0 Å². The molecule has 0 atom stereocenters. The number of hydrogen-bond acceptors (Lipinski definition) is 2. The van der Waals surface area contributed by atoms with E-state index in [4.69, 9.17) is 0 Å². The molecule has 0 bridgehead atoms. The molecule has 2 amide bonds. The fourth-order valence-corrected chi connectivity index (χ4v) is 4.14. The zero-order valence-electron chi connectivity index (χ0n) is 16.2. The van der Waals surface area contributed by atoms with Crippen LogP contribution in [0.5, 0.6) is 0 Å². The van der Waals surface area contributed by atoms with Crippen LogP contribution in [0.2, 0.25) is 0 Å². The summed E-state index contributed by atoms with van der Waals surface area (Å²) in [6.07, 6.45) is 2.14. The molecule has 0 radical (unpaired) electrons. The zero-order valence-corrected chi connectivity index (χ0v) is 16.2. The minimum Gasteiger partial charge on any atom is -0.339 e. The van der Waals surface area contributed by atoms with Crippen molar-refractivity contribution in [2.75, 3.05) is 26.2 Å². The van der Waals surface area contributed by atoms with E-state index in [1.807, 2.05) is 6.07 Å². The van der Waals surface area contributed by atoms with Gasteiger partial charge in [0, 0.05) is 38.2 Å². The number of piperazine rings is 1. The fourth-order valence-electron chi connectivity index (χ4n) is 4.14. The lowest BCUT2D eigenvalue weighted by Crippen LogP contribution is -2.53. The second-order valence-electron chi connectivity index (χ2n) is 7.86. The average Bonchev–Trinajstić information content (AvgIpc) is 3.54. The van der Waals surface area contributed by atoms with Crippen LogP contribution in [-0.4, -0.2) is 47.8 Å². The maximum atomic E-state index is 14.2. The monoisotopic (exact) mass is 398 g/mol. The highest BCUT2D eigenvalue weighted by molar-refractivity contribution is 5.91. The predicted molar refractivity (Wildman–Crippen MR) is 105 cm³/mol. The summed E-state index contributed by atoms with van der Waals surface area (Å²) in [5.74, 6) is -0.651. The largest absolute Gasteiger partial charge is 0.339 e. The summed E-state index contributed by atoms with van der Waals surface area (Å²) in [4.78, 5) is 29.1. The second kappa shape index (κ2) is 7.93. The van der Waals surface area contributed by atoms with Gasteiger partial charge in [-0.25, -0.2) is 8.78 Å². The molecule has 2 aliphatic rings. The van der Waals surface area contributed by atoms with Crippen molar-refractivity contribution in [2.45, 2.75) is 31.1 Å². The SMILES string of the molecule is O=C(CCc1cccc(F)c1)N1CCN(C(=O)C2(c3ccccc3F)CC2)CC1. The Morgan fingerprint density at radius 3 is 2.24 bits per heavy atom. The van der Waals surface area contributed by atoms with Crippen LogP contribution in [0.4, 0.5) is 8.78 Å². The first-order chi connectivity index (χ1) is 14.0. The van der Waals surface area contributed by atoms with Gasteiger partial charge in [0.25, 0.3) is 0 Å². The van der Waals surface area contributed by atoms with Gasteiger partial charge in [0.1, 0.15) is 11.6 Å². The molecule has 29 heavy (non-hydrogen) atoms. The third-order valence-electron chi connectivity index (χ3n) is 5.98. The molecule has 6 heteroatoms. The van der Waals surface area contributed by atoms with E-state index < -0.39 is 5.41 Å². The third-order valence-corrected chi connectivity index (χ3v) is 5.98. The summed E-state index contributed by atoms with van der Waals surface area (Å²) in [7, 11) is 0. The van der Waals surface area contributed by atoms with E-state index >= 15 is 0 Å². The molecular formula is C23H24F2N2O2. The van der Waals surface area contributed by atoms with E-state index in [0.29, 0.717) is 57.4 Å². The van der Waals surface area contributed by atoms with E-state index in [1.165, 1.54) is 18.2 Å². The molecule has 2 aromatic rings. The van der Waals surface area contributed by atoms with Crippen LogP contribution in [-0.2, 0) is 21.4 Å². The van der Waals surface area contributed by atoms with Gasteiger partial charge in [-0.3, -0.25) is 9.59 Å². The Balaban J connectivity index is 1.32. The van der Waals surface area contributed by atoms with Gasteiger partial charge in [0.2, 0.25) is 11.8 Å². The standard InChI is InChI=1S/C23H24F2N2O2/c24-18-5-3-4-17(16-18)8-9-21(28)26-12-14-27(15-13-26)22(29)23(10-11-23)19-6-1-2-7-20(19)25/h1-7,16H,8-15H2. The first kappa shape index (κ1) is 19.6. The molecule has 152 valence electrons. The van der Waals surface area contributed by atoms with Gasteiger partial charge in [0.05, 0.1) is 5.41 Å². The van der Waals surface area contributed by atoms with Gasteiger partial charge in [-0.05, 0) is 43.0 Å². The number of halogens is 2. The van der Waals surface area contributed by atoms with Crippen LogP contribution in [0.1, 0.15) is 30.4 Å². The Morgan fingerprint density at radius 2 is 1.59 bits per heavy atom. The van der Waals surface area contributed by atoms with Crippen LogP contribution in [0.25, 0.3) is 0 Å². The molecule has 0 unspecified atom stereocenters. The number of hydrogen-bond donors (Lipinski definition) is 0. The number of benzene rings is 2. The number of nitrogens with zero attached hydrogens (tertiary/aromatic N) is 2. The van der Waals surface area contributed by atoms with Crippen LogP contribution in [0, 0.1) is 11.6 Å². The molecule has 2 fully saturated rings. The number of aryl methyl sites for hydroxylation is 1. The Labute approximate surface area is 169 Å². The van der Waals surface area contributed by atoms with Crippen molar-refractivity contribution < 1.29 is 18.4 Å². The Hall–Kier alpha value is -2.76. The number of rotatable bonds is 5. The quantitative estimate of drug-likeness (QED) is 0.776. The molecule has 0 spiro atoms. The molecule has 4 nitrogen and oxygen atoms in total. The molecule has 1 aliphatic heterocycles. The summed E-state index contributed by atoms with van der Waals surface area (Å²) >= 11 is 0. The minimum absolute atomic E-state index is 0.0107. The van der Waals surface area contributed by atoms with Gasteiger partial charge in [-0.1, -0.05) is 30.3 Å². The minimum atomic E-state index is -0.727. The number of carbonyl (C=O) groups is 2. The van der Waals surface area contributed by atoms with E-state index in [2.05, 4.69) is 0 Å². The molecule has 1 saturated heterocycles. The molecular weight excluding hydrogens is 374 g/mol. The summed E-state index contributed by atoms with van der Waals surface area (Å²) in [5.41, 5.74) is 0.556. The van der Waals surface area contributed by atoms with Gasteiger partial charge >= 0.3 is 0 Å². The number of carbonyl (C=O) groups excluding carboxylic acids is 2. The van der Waals surface area contributed by atoms with Crippen molar-refractivity contribution in [1.29, 1.82) is 0 Å². The van der Waals surface area contributed by atoms with Crippen molar-refractivity contribution in [1.82, 2.24) is 9.80 Å². The molecule has 4 rings (SSSR count). The van der Waals surface area contributed by atoms with Crippen molar-refractivity contribution >= 4 is 11.8 Å². The summed E-state index contributed by atoms with van der Waals surface area (Å²) in [6.45, 7) is 1.86. The van der Waals surface area contributed by atoms with Crippen molar-refractivity contribution in [2.24, 2.45) is 0 Å². The molecule has 1 saturated carbocycles. The maximum absolute atomic E-state index is 14.2. The predicted octanol–water partition coefficient (Wildman–Crippen LogP) is 3.30. The van der Waals surface area contributed by atoms with Gasteiger partial charge in [0.15, 0.2) is 0 Å². The normalized spacial score (nSPS) is 17.9. The molecule has 0 aromatic heterocycles. The number of amides is 2. The molecule has 0 N–H and O–H groups in total. The van der Waals surface area contributed by atoms with E-state index in [9.17, 15) is 18.4 Å². The smallest absolute Gasteiger partial charge is 0.233 e. The Bertz CT molecular complexity index is 919. The highest BCUT2D eigenvalue weighted by Gasteiger charge is 2.54. The van der Waals surface area contributed by atoms with E-state index in [1.54, 1.807) is 34.1 Å². The fraction of sp³-hybridized carbons (Fsp3) is 0.391. The summed E-state index contributed by atoms with van der Waals surface area (Å²) in [6, 6.07) is 12.8. The lowest BCUT2D eigenvalue weighted by molar-refractivity contribution is -0.141. The van der Waals surface area contributed by atoms with E-state index in [0.717, 1.165) is 5.56 Å². The molecule has 1 aliphatic carbocycles. The van der Waals surface area contributed by atoms with Crippen LogP contribution in [0.15, 0.2) is 48.5 Å².